The summed E-state index contributed by atoms with van der Waals surface area (Å²) in [7, 11) is 0. The maximum Gasteiger partial charge on any atom is 0.241 e. The third-order valence-corrected chi connectivity index (χ3v) is 4.64. The highest BCUT2D eigenvalue weighted by Gasteiger charge is 2.39. The first-order valence-electron chi connectivity index (χ1n) is 7.69. The Morgan fingerprint density at radius 3 is 2.80 bits per heavy atom. The molecule has 3 heteroatoms. The minimum Gasteiger partial charge on any atom is -0.321 e. The minimum absolute atomic E-state index is 0.0404. The molecule has 3 unspecified atom stereocenters. The Bertz CT molecular complexity index is 509. The lowest BCUT2D eigenvalue weighted by molar-refractivity contribution is -0.130. The van der Waals surface area contributed by atoms with E-state index in [1.165, 1.54) is 24.0 Å². The second kappa shape index (κ2) is 5.21. The van der Waals surface area contributed by atoms with E-state index in [0.717, 1.165) is 12.5 Å². The molecule has 2 aliphatic rings. The summed E-state index contributed by atoms with van der Waals surface area (Å²) in [5, 5.41) is 3.44. The van der Waals surface area contributed by atoms with Crippen molar-refractivity contribution in [1.29, 1.82) is 0 Å². The number of rotatable bonds is 4. The summed E-state index contributed by atoms with van der Waals surface area (Å²) in [6.07, 6.45) is 2.71. The zero-order chi connectivity index (χ0) is 14.3. The Hall–Kier alpha value is -1.35. The molecule has 1 aliphatic heterocycles. The molecule has 3 atom stereocenters. The zero-order valence-corrected chi connectivity index (χ0v) is 12.6. The van der Waals surface area contributed by atoms with Crippen molar-refractivity contribution in [2.45, 2.75) is 45.8 Å². The van der Waals surface area contributed by atoms with Crippen LogP contribution in [-0.2, 0) is 4.79 Å². The number of benzene rings is 1. The van der Waals surface area contributed by atoms with Gasteiger partial charge in [0.2, 0.25) is 5.91 Å². The number of nitrogens with one attached hydrogen (secondary N) is 1. The molecule has 1 N–H and O–H groups in total. The number of nitrogens with zero attached hydrogens (tertiary/aromatic N) is 1. The molecule has 0 radical (unpaired) electrons. The maximum atomic E-state index is 12.4. The SMILES string of the molecule is Cc1cccc(C2NC(C)C(=O)N2CC(C)C2CC2)c1. The number of amides is 1. The fourth-order valence-electron chi connectivity index (χ4n) is 3.21. The van der Waals surface area contributed by atoms with Gasteiger partial charge >= 0.3 is 0 Å². The van der Waals surface area contributed by atoms with E-state index in [2.05, 4.69) is 43.4 Å². The van der Waals surface area contributed by atoms with Gasteiger partial charge < -0.3 is 4.90 Å². The Labute approximate surface area is 121 Å². The Morgan fingerprint density at radius 1 is 1.40 bits per heavy atom. The normalized spacial score (nSPS) is 27.9. The van der Waals surface area contributed by atoms with Crippen LogP contribution in [0.1, 0.15) is 44.0 Å². The summed E-state index contributed by atoms with van der Waals surface area (Å²) in [6.45, 7) is 7.22. The van der Waals surface area contributed by atoms with E-state index >= 15 is 0 Å². The maximum absolute atomic E-state index is 12.4. The monoisotopic (exact) mass is 272 g/mol. The molecule has 1 heterocycles. The van der Waals surface area contributed by atoms with Crippen molar-refractivity contribution in [2.24, 2.45) is 11.8 Å². The van der Waals surface area contributed by atoms with Crippen molar-refractivity contribution in [3.05, 3.63) is 35.4 Å². The molecular formula is C17H24N2O. The van der Waals surface area contributed by atoms with E-state index in [0.29, 0.717) is 5.92 Å². The molecule has 0 spiro atoms. The Morgan fingerprint density at radius 2 is 2.15 bits per heavy atom. The van der Waals surface area contributed by atoms with Crippen LogP contribution in [0, 0.1) is 18.8 Å². The van der Waals surface area contributed by atoms with Crippen LogP contribution in [0.25, 0.3) is 0 Å². The van der Waals surface area contributed by atoms with Gasteiger partial charge in [-0.15, -0.1) is 0 Å². The van der Waals surface area contributed by atoms with Gasteiger partial charge in [0.1, 0.15) is 6.17 Å². The summed E-state index contributed by atoms with van der Waals surface area (Å²) in [4.78, 5) is 14.5. The third kappa shape index (κ3) is 2.59. The van der Waals surface area contributed by atoms with Gasteiger partial charge in [0, 0.05) is 6.54 Å². The van der Waals surface area contributed by atoms with Gasteiger partial charge in [-0.3, -0.25) is 10.1 Å². The highest BCUT2D eigenvalue weighted by atomic mass is 16.2. The van der Waals surface area contributed by atoms with Crippen molar-refractivity contribution in [1.82, 2.24) is 10.2 Å². The lowest BCUT2D eigenvalue weighted by Crippen LogP contribution is -2.35. The summed E-state index contributed by atoms with van der Waals surface area (Å²) in [5.74, 6) is 1.68. The van der Waals surface area contributed by atoms with Crippen molar-refractivity contribution in [3.63, 3.8) is 0 Å². The standard InChI is InChI=1S/C17H24N2O/c1-11-5-4-6-15(9-11)16-18-13(3)17(20)19(16)10-12(2)14-7-8-14/h4-6,9,12-14,16,18H,7-8,10H2,1-3H3. The van der Waals surface area contributed by atoms with E-state index in [4.69, 9.17) is 0 Å². The zero-order valence-electron chi connectivity index (χ0n) is 12.6. The second-order valence-electron chi connectivity index (χ2n) is 6.51. The molecule has 0 bridgehead atoms. The lowest BCUT2D eigenvalue weighted by Gasteiger charge is -2.27. The van der Waals surface area contributed by atoms with Crippen molar-refractivity contribution in [3.8, 4) is 0 Å². The quantitative estimate of drug-likeness (QED) is 0.914. The van der Waals surface area contributed by atoms with Crippen LogP contribution >= 0.6 is 0 Å². The number of hydrogen-bond acceptors (Lipinski definition) is 2. The minimum atomic E-state index is -0.0769. The summed E-state index contributed by atoms with van der Waals surface area (Å²) >= 11 is 0. The molecule has 1 saturated heterocycles. The average molecular weight is 272 g/mol. The molecule has 108 valence electrons. The van der Waals surface area contributed by atoms with Crippen LogP contribution in [0.2, 0.25) is 0 Å². The van der Waals surface area contributed by atoms with Crippen molar-refractivity contribution < 1.29 is 4.79 Å². The van der Waals surface area contributed by atoms with E-state index < -0.39 is 0 Å². The van der Waals surface area contributed by atoms with Crippen LogP contribution in [0.15, 0.2) is 24.3 Å². The van der Waals surface area contributed by atoms with Crippen LogP contribution in [0.3, 0.4) is 0 Å². The number of aryl methyl sites for hydroxylation is 1. The van der Waals surface area contributed by atoms with E-state index in [1.807, 2.05) is 11.8 Å². The summed E-state index contributed by atoms with van der Waals surface area (Å²) in [5.41, 5.74) is 2.44. The topological polar surface area (TPSA) is 32.3 Å². The van der Waals surface area contributed by atoms with Crippen LogP contribution in [0.4, 0.5) is 0 Å². The Kier molecular flexibility index (Phi) is 3.55. The molecule has 20 heavy (non-hydrogen) atoms. The van der Waals surface area contributed by atoms with Crippen molar-refractivity contribution in [2.75, 3.05) is 6.54 Å². The molecular weight excluding hydrogens is 248 g/mol. The predicted octanol–water partition coefficient (Wildman–Crippen LogP) is 2.86. The van der Waals surface area contributed by atoms with Gasteiger partial charge in [-0.1, -0.05) is 36.8 Å². The first-order valence-corrected chi connectivity index (χ1v) is 7.69. The van der Waals surface area contributed by atoms with Gasteiger partial charge in [0.25, 0.3) is 0 Å². The highest BCUT2D eigenvalue weighted by Crippen LogP contribution is 2.38. The van der Waals surface area contributed by atoms with Gasteiger partial charge in [-0.05, 0) is 44.1 Å². The largest absolute Gasteiger partial charge is 0.321 e. The van der Waals surface area contributed by atoms with Crippen molar-refractivity contribution >= 4 is 5.91 Å². The third-order valence-electron chi connectivity index (χ3n) is 4.64. The first-order chi connectivity index (χ1) is 9.56. The molecule has 1 amide bonds. The molecule has 1 aromatic rings. The molecule has 2 fully saturated rings. The highest BCUT2D eigenvalue weighted by molar-refractivity contribution is 5.84. The number of hydrogen-bond donors (Lipinski definition) is 1. The second-order valence-corrected chi connectivity index (χ2v) is 6.51. The summed E-state index contributed by atoms with van der Waals surface area (Å²) < 4.78 is 0. The number of carbonyl (C=O) groups excluding carboxylic acids is 1. The van der Waals surface area contributed by atoms with E-state index in [-0.39, 0.29) is 18.1 Å². The molecule has 1 aliphatic carbocycles. The predicted molar refractivity (Wildman–Crippen MR) is 80.1 cm³/mol. The smallest absolute Gasteiger partial charge is 0.241 e. The molecule has 1 saturated carbocycles. The summed E-state index contributed by atoms with van der Waals surface area (Å²) in [6, 6.07) is 8.39. The van der Waals surface area contributed by atoms with Gasteiger partial charge in [-0.25, -0.2) is 0 Å². The lowest BCUT2D eigenvalue weighted by atomic mass is 10.0. The molecule has 1 aromatic carbocycles. The molecule has 3 rings (SSSR count). The van der Waals surface area contributed by atoms with Gasteiger partial charge in [0.05, 0.1) is 6.04 Å². The van der Waals surface area contributed by atoms with E-state index in [1.54, 1.807) is 0 Å². The fourth-order valence-corrected chi connectivity index (χ4v) is 3.21. The van der Waals surface area contributed by atoms with E-state index in [9.17, 15) is 4.79 Å². The van der Waals surface area contributed by atoms with Crippen LogP contribution in [-0.4, -0.2) is 23.4 Å². The molecule has 0 aromatic heterocycles. The average Bonchev–Trinajstić information content (AvgIpc) is 3.22. The van der Waals surface area contributed by atoms with Crippen LogP contribution in [0.5, 0.6) is 0 Å². The molecule has 3 nitrogen and oxygen atoms in total. The van der Waals surface area contributed by atoms with Crippen LogP contribution < -0.4 is 5.32 Å². The van der Waals surface area contributed by atoms with Gasteiger partial charge in [0.15, 0.2) is 0 Å². The van der Waals surface area contributed by atoms with Gasteiger partial charge in [-0.2, -0.15) is 0 Å². The fraction of sp³-hybridized carbons (Fsp3) is 0.588. The first kappa shape index (κ1) is 13.6. The Balaban J connectivity index is 1.81. The number of carbonyl (C=O) groups is 1.